The number of carbonyl (C=O) groups is 3. The van der Waals surface area contributed by atoms with Gasteiger partial charge in [0.1, 0.15) is 0 Å². The summed E-state index contributed by atoms with van der Waals surface area (Å²) >= 11 is 1.20. The van der Waals surface area contributed by atoms with Gasteiger partial charge in [0.25, 0.3) is 0 Å². The van der Waals surface area contributed by atoms with Crippen LogP contribution in [0.1, 0.15) is 45.7 Å². The average molecular weight is 438 g/mol. The van der Waals surface area contributed by atoms with Gasteiger partial charge >= 0.3 is 5.97 Å². The topological polar surface area (TPSA) is 107 Å². The monoisotopic (exact) mass is 437 g/mol. The van der Waals surface area contributed by atoms with E-state index >= 15 is 0 Å². The molecule has 0 atom stereocenters. The van der Waals surface area contributed by atoms with Crippen molar-refractivity contribution >= 4 is 38.8 Å². The summed E-state index contributed by atoms with van der Waals surface area (Å²) in [5.41, 5.74) is -0.619. The second-order valence-electron chi connectivity index (χ2n) is 7.47. The predicted molar refractivity (Wildman–Crippen MR) is 110 cm³/mol. The molecule has 29 heavy (non-hydrogen) atoms. The highest BCUT2D eigenvalue weighted by Gasteiger charge is 2.22. The molecule has 2 rings (SSSR count). The Bertz CT molecular complexity index is 1030. The molecule has 7 nitrogen and oxygen atoms in total. The molecular weight excluding hydrogens is 414 g/mol. The van der Waals surface area contributed by atoms with Crippen LogP contribution in [0.5, 0.6) is 0 Å². The quantitative estimate of drug-likeness (QED) is 0.527. The van der Waals surface area contributed by atoms with E-state index < -0.39 is 33.6 Å². The first-order valence-electron chi connectivity index (χ1n) is 8.76. The van der Waals surface area contributed by atoms with Crippen molar-refractivity contribution in [3.63, 3.8) is 0 Å². The smallest absolute Gasteiger partial charge is 0.339 e. The number of benzene rings is 1. The number of thiophene rings is 1. The second kappa shape index (κ2) is 8.87. The number of ether oxygens (including phenoxy) is 1. The summed E-state index contributed by atoms with van der Waals surface area (Å²) < 4.78 is 28.6. The Morgan fingerprint density at radius 3 is 2.34 bits per heavy atom. The number of nitrogens with one attached hydrogen (secondary N) is 1. The zero-order valence-electron chi connectivity index (χ0n) is 16.6. The Kier molecular flexibility index (Phi) is 6.97. The molecule has 0 saturated carbocycles. The lowest BCUT2D eigenvalue weighted by atomic mass is 9.96. The minimum Gasteiger partial charge on any atom is -0.454 e. The fourth-order valence-electron chi connectivity index (χ4n) is 2.29. The van der Waals surface area contributed by atoms with Gasteiger partial charge < -0.3 is 10.1 Å². The van der Waals surface area contributed by atoms with E-state index in [0.29, 0.717) is 11.4 Å². The van der Waals surface area contributed by atoms with E-state index in [2.05, 4.69) is 5.32 Å². The lowest BCUT2D eigenvalue weighted by Crippen LogP contribution is -2.34. The van der Waals surface area contributed by atoms with Crippen LogP contribution in [0.4, 0.5) is 0 Å². The number of ketones is 1. The van der Waals surface area contributed by atoms with Gasteiger partial charge in [0.2, 0.25) is 11.7 Å². The zero-order valence-corrected chi connectivity index (χ0v) is 18.3. The molecule has 156 valence electrons. The molecule has 2 aromatic rings. The van der Waals surface area contributed by atoms with Crippen molar-refractivity contribution in [2.24, 2.45) is 5.41 Å². The van der Waals surface area contributed by atoms with E-state index in [1.54, 1.807) is 12.1 Å². The molecule has 9 heteroatoms. The summed E-state index contributed by atoms with van der Waals surface area (Å²) in [6.07, 6.45) is 0.996. The SMILES string of the molecule is CC(C)(C)C(=O)NCc1ccc(C(=O)COC(=O)c2ccccc2S(C)(=O)=O)s1. The molecule has 0 aliphatic rings. The molecule has 1 amide bonds. The summed E-state index contributed by atoms with van der Waals surface area (Å²) in [4.78, 5) is 37.5. The third-order valence-electron chi connectivity index (χ3n) is 3.88. The van der Waals surface area contributed by atoms with Gasteiger partial charge in [-0.25, -0.2) is 13.2 Å². The maximum absolute atomic E-state index is 12.3. The summed E-state index contributed by atoms with van der Waals surface area (Å²) in [7, 11) is -3.61. The van der Waals surface area contributed by atoms with Crippen LogP contribution in [0.25, 0.3) is 0 Å². The number of hydrogen-bond donors (Lipinski definition) is 1. The molecule has 0 radical (unpaired) electrons. The Morgan fingerprint density at radius 1 is 1.07 bits per heavy atom. The summed E-state index contributed by atoms with van der Waals surface area (Å²) in [6, 6.07) is 9.00. The van der Waals surface area contributed by atoms with E-state index in [4.69, 9.17) is 4.74 Å². The van der Waals surface area contributed by atoms with E-state index in [1.807, 2.05) is 20.8 Å². The second-order valence-corrected chi connectivity index (χ2v) is 10.6. The van der Waals surface area contributed by atoms with Crippen molar-refractivity contribution < 1.29 is 27.5 Å². The molecule has 0 spiro atoms. The van der Waals surface area contributed by atoms with Crippen molar-refractivity contribution in [1.82, 2.24) is 5.32 Å². The summed E-state index contributed by atoms with van der Waals surface area (Å²) in [5.74, 6) is -1.39. The Hall–Kier alpha value is -2.52. The average Bonchev–Trinajstić information content (AvgIpc) is 3.11. The van der Waals surface area contributed by atoms with Crippen LogP contribution < -0.4 is 5.32 Å². The first-order chi connectivity index (χ1) is 13.4. The van der Waals surface area contributed by atoms with E-state index in [0.717, 1.165) is 11.1 Å². The Labute approximate surface area is 174 Å². The van der Waals surface area contributed by atoms with Gasteiger partial charge in [0, 0.05) is 16.5 Å². The minimum absolute atomic E-state index is 0.0998. The molecule has 1 aromatic heterocycles. The summed E-state index contributed by atoms with van der Waals surface area (Å²) in [5, 5.41) is 2.80. The first kappa shape index (κ1) is 22.8. The van der Waals surface area contributed by atoms with Crippen molar-refractivity contribution in [2.45, 2.75) is 32.2 Å². The van der Waals surface area contributed by atoms with E-state index in [1.165, 1.54) is 35.6 Å². The number of Topliss-reactive ketones (excluding diaryl/α,β-unsaturated/α-hetero) is 1. The number of amides is 1. The third kappa shape index (κ3) is 6.23. The number of esters is 1. The van der Waals surface area contributed by atoms with Crippen molar-refractivity contribution in [2.75, 3.05) is 12.9 Å². The van der Waals surface area contributed by atoms with E-state index in [-0.39, 0.29) is 16.4 Å². The highest BCUT2D eigenvalue weighted by molar-refractivity contribution is 7.90. The lowest BCUT2D eigenvalue weighted by molar-refractivity contribution is -0.128. The number of hydrogen-bond acceptors (Lipinski definition) is 7. The van der Waals surface area contributed by atoms with Crippen molar-refractivity contribution in [1.29, 1.82) is 0 Å². The van der Waals surface area contributed by atoms with Crippen molar-refractivity contribution in [3.05, 3.63) is 51.7 Å². The van der Waals surface area contributed by atoms with Crippen LogP contribution in [0.3, 0.4) is 0 Å². The van der Waals surface area contributed by atoms with Gasteiger partial charge in [0.15, 0.2) is 16.4 Å². The molecule has 1 N–H and O–H groups in total. The van der Waals surface area contributed by atoms with Crippen LogP contribution in [0.15, 0.2) is 41.3 Å². The van der Waals surface area contributed by atoms with Crippen LogP contribution in [-0.4, -0.2) is 38.9 Å². The molecule has 0 bridgehead atoms. The highest BCUT2D eigenvalue weighted by Crippen LogP contribution is 2.20. The van der Waals surface area contributed by atoms with Gasteiger partial charge in [-0.3, -0.25) is 9.59 Å². The number of sulfone groups is 1. The van der Waals surface area contributed by atoms with E-state index in [9.17, 15) is 22.8 Å². The maximum atomic E-state index is 12.3. The Balaban J connectivity index is 1.98. The molecule has 0 fully saturated rings. The van der Waals surface area contributed by atoms with Crippen LogP contribution >= 0.6 is 11.3 Å². The molecule has 0 aliphatic heterocycles. The van der Waals surface area contributed by atoms with Gasteiger partial charge in [-0.05, 0) is 24.3 Å². The summed E-state index contributed by atoms with van der Waals surface area (Å²) in [6.45, 7) is 5.22. The molecule has 1 heterocycles. The minimum atomic E-state index is -3.61. The molecule has 1 aromatic carbocycles. The highest BCUT2D eigenvalue weighted by atomic mass is 32.2. The van der Waals surface area contributed by atoms with Gasteiger partial charge in [-0.1, -0.05) is 32.9 Å². The molecule has 0 saturated heterocycles. The third-order valence-corrected chi connectivity index (χ3v) is 6.16. The predicted octanol–water partition coefficient (Wildman–Crippen LogP) is 2.85. The van der Waals surface area contributed by atoms with Gasteiger partial charge in [-0.15, -0.1) is 11.3 Å². The fourth-order valence-corrected chi connectivity index (χ4v) is 4.04. The van der Waals surface area contributed by atoms with Crippen LogP contribution in [-0.2, 0) is 25.9 Å². The standard InChI is InChI=1S/C20H23NO6S2/c1-20(2,3)19(24)21-11-13-9-10-16(28-13)15(22)12-27-18(23)14-7-5-6-8-17(14)29(4,25)26/h5-10H,11-12H2,1-4H3,(H,21,24). The molecular formula is C20H23NO6S2. The van der Waals surface area contributed by atoms with Crippen molar-refractivity contribution in [3.8, 4) is 0 Å². The largest absolute Gasteiger partial charge is 0.454 e. The van der Waals surface area contributed by atoms with Gasteiger partial charge in [0.05, 0.1) is 21.9 Å². The zero-order chi connectivity index (χ0) is 21.8. The maximum Gasteiger partial charge on any atom is 0.339 e. The van der Waals surface area contributed by atoms with Gasteiger partial charge in [-0.2, -0.15) is 0 Å². The number of rotatable bonds is 7. The molecule has 0 aliphatic carbocycles. The van der Waals surface area contributed by atoms with Crippen LogP contribution in [0.2, 0.25) is 0 Å². The fraction of sp³-hybridized carbons (Fsp3) is 0.350. The number of carbonyl (C=O) groups excluding carboxylic acids is 3. The Morgan fingerprint density at radius 2 is 1.72 bits per heavy atom. The normalized spacial score (nSPS) is 11.7. The molecule has 0 unspecified atom stereocenters. The van der Waals surface area contributed by atoms with Crippen LogP contribution in [0, 0.1) is 5.41 Å². The lowest BCUT2D eigenvalue weighted by Gasteiger charge is -2.17. The first-order valence-corrected chi connectivity index (χ1v) is 11.5.